The number of nitrogens with one attached hydrogen (secondary N) is 2. The molecule has 1 saturated carbocycles. The fourth-order valence-corrected chi connectivity index (χ4v) is 3.86. The topological polar surface area (TPSA) is 94.2 Å². The van der Waals surface area contributed by atoms with Gasteiger partial charge in [0.25, 0.3) is 0 Å². The van der Waals surface area contributed by atoms with Crippen molar-refractivity contribution in [3.8, 4) is 0 Å². The van der Waals surface area contributed by atoms with E-state index < -0.39 is 5.97 Å². The molecule has 0 saturated heterocycles. The van der Waals surface area contributed by atoms with Gasteiger partial charge in [0.1, 0.15) is 0 Å². The molecule has 0 aromatic heterocycles. The van der Waals surface area contributed by atoms with Crippen molar-refractivity contribution in [3.63, 3.8) is 0 Å². The molecule has 23 heavy (non-hydrogen) atoms. The number of carbonyl (C=O) groups is 1. The second-order valence-corrected chi connectivity index (χ2v) is 7.39. The molecule has 1 aliphatic rings. The third-order valence-corrected chi connectivity index (χ3v) is 5.32. The molecule has 1 fully saturated rings. The standard InChI is InChI=1S/C15H16Cl2N2O3S/c16-9-3-6-11(12(17)7-9)13(18)22-15(19)23-10-4-1-8(2-5-10)14(20)21/h3,6-8,10,18-19H,1-2,4-5H2,(H,20,21). The fourth-order valence-electron chi connectivity index (χ4n) is 2.42. The average Bonchev–Trinajstić information content (AvgIpc) is 2.47. The van der Waals surface area contributed by atoms with E-state index in [4.69, 9.17) is 43.9 Å². The highest BCUT2D eigenvalue weighted by Crippen LogP contribution is 2.33. The zero-order valence-corrected chi connectivity index (χ0v) is 14.5. The van der Waals surface area contributed by atoms with Crippen LogP contribution in [0.15, 0.2) is 18.2 Å². The quantitative estimate of drug-likeness (QED) is 0.530. The molecule has 0 unspecified atom stereocenters. The Bertz CT molecular complexity index is 631. The smallest absolute Gasteiger partial charge is 0.306 e. The SMILES string of the molecule is N=C(OC(=N)c1ccc(Cl)cc1Cl)SC1CCC(C(=O)O)CC1. The summed E-state index contributed by atoms with van der Waals surface area (Å²) < 4.78 is 5.22. The molecule has 0 spiro atoms. The lowest BCUT2D eigenvalue weighted by Crippen LogP contribution is -2.24. The van der Waals surface area contributed by atoms with Gasteiger partial charge in [-0.1, -0.05) is 35.0 Å². The first-order valence-corrected chi connectivity index (χ1v) is 8.70. The molecule has 0 aliphatic heterocycles. The van der Waals surface area contributed by atoms with Gasteiger partial charge in [-0.25, -0.2) is 0 Å². The fraction of sp³-hybridized carbons (Fsp3) is 0.400. The molecule has 1 aromatic rings. The first-order valence-electron chi connectivity index (χ1n) is 7.06. The van der Waals surface area contributed by atoms with Crippen LogP contribution in [0.25, 0.3) is 0 Å². The summed E-state index contributed by atoms with van der Waals surface area (Å²) in [5.74, 6) is -1.24. The third kappa shape index (κ3) is 5.12. The van der Waals surface area contributed by atoms with Gasteiger partial charge in [-0.15, -0.1) is 0 Å². The maximum Gasteiger partial charge on any atom is 0.306 e. The number of halogens is 2. The second-order valence-electron chi connectivity index (χ2n) is 5.27. The minimum Gasteiger partial charge on any atom is -0.481 e. The van der Waals surface area contributed by atoms with E-state index >= 15 is 0 Å². The van der Waals surface area contributed by atoms with Crippen LogP contribution >= 0.6 is 35.0 Å². The summed E-state index contributed by atoms with van der Waals surface area (Å²) in [5.41, 5.74) is 0.371. The van der Waals surface area contributed by atoms with Crippen LogP contribution in [-0.2, 0) is 9.53 Å². The Morgan fingerprint density at radius 3 is 2.43 bits per heavy atom. The lowest BCUT2D eigenvalue weighted by Gasteiger charge is -2.25. The average molecular weight is 375 g/mol. The Kier molecular flexibility index (Phi) is 6.33. The Morgan fingerprint density at radius 1 is 1.22 bits per heavy atom. The van der Waals surface area contributed by atoms with Gasteiger partial charge in [0, 0.05) is 10.3 Å². The Morgan fingerprint density at radius 2 is 1.87 bits per heavy atom. The summed E-state index contributed by atoms with van der Waals surface area (Å²) in [5, 5.41) is 25.6. The lowest BCUT2D eigenvalue weighted by molar-refractivity contribution is -0.142. The van der Waals surface area contributed by atoms with Crippen molar-refractivity contribution in [1.82, 2.24) is 0 Å². The number of hydrogen-bond donors (Lipinski definition) is 3. The summed E-state index contributed by atoms with van der Waals surface area (Å²) in [6.07, 6.45) is 2.67. The van der Waals surface area contributed by atoms with Crippen molar-refractivity contribution in [1.29, 1.82) is 10.8 Å². The number of rotatable bonds is 3. The highest BCUT2D eigenvalue weighted by atomic mass is 35.5. The van der Waals surface area contributed by atoms with Crippen LogP contribution in [-0.4, -0.2) is 27.5 Å². The molecule has 3 N–H and O–H groups in total. The maximum atomic E-state index is 10.9. The van der Waals surface area contributed by atoms with Crippen LogP contribution in [0.3, 0.4) is 0 Å². The molecule has 0 atom stereocenters. The van der Waals surface area contributed by atoms with Crippen molar-refractivity contribution in [3.05, 3.63) is 33.8 Å². The number of thioether (sulfide) groups is 1. The molecule has 1 aliphatic carbocycles. The zero-order chi connectivity index (χ0) is 17.0. The lowest BCUT2D eigenvalue weighted by atomic mass is 9.89. The predicted molar refractivity (Wildman–Crippen MR) is 93.1 cm³/mol. The van der Waals surface area contributed by atoms with Gasteiger partial charge in [0.05, 0.1) is 16.5 Å². The number of carboxylic acids is 1. The van der Waals surface area contributed by atoms with Gasteiger partial charge in [0.2, 0.25) is 11.1 Å². The summed E-state index contributed by atoms with van der Waals surface area (Å²) >= 11 is 13.0. The first kappa shape index (κ1) is 18.1. The number of aliphatic carboxylic acids is 1. The van der Waals surface area contributed by atoms with E-state index in [1.165, 1.54) is 17.8 Å². The van der Waals surface area contributed by atoms with Crippen LogP contribution in [0, 0.1) is 16.7 Å². The molecular formula is C15H16Cl2N2O3S. The molecule has 0 heterocycles. The van der Waals surface area contributed by atoms with Crippen LogP contribution in [0.4, 0.5) is 0 Å². The van der Waals surface area contributed by atoms with Gasteiger partial charge in [-0.3, -0.25) is 15.6 Å². The monoisotopic (exact) mass is 374 g/mol. The number of ether oxygens (including phenoxy) is 1. The van der Waals surface area contributed by atoms with Crippen molar-refractivity contribution >= 4 is 52.1 Å². The summed E-state index contributed by atoms with van der Waals surface area (Å²) in [6, 6.07) is 4.69. The van der Waals surface area contributed by atoms with Crippen LogP contribution in [0.2, 0.25) is 10.0 Å². The predicted octanol–water partition coefficient (Wildman–Crippen LogP) is 4.65. The van der Waals surface area contributed by atoms with Gasteiger partial charge in [-0.05, 0) is 43.9 Å². The third-order valence-electron chi connectivity index (χ3n) is 3.67. The van der Waals surface area contributed by atoms with Crippen molar-refractivity contribution < 1.29 is 14.6 Å². The summed E-state index contributed by atoms with van der Waals surface area (Å²) in [7, 11) is 0. The van der Waals surface area contributed by atoms with Crippen molar-refractivity contribution in [2.24, 2.45) is 5.92 Å². The molecule has 8 heteroatoms. The van der Waals surface area contributed by atoms with Crippen molar-refractivity contribution in [2.75, 3.05) is 0 Å². The Labute approximate surface area is 148 Å². The number of benzene rings is 1. The van der Waals surface area contributed by atoms with Gasteiger partial charge in [0.15, 0.2) is 0 Å². The highest BCUT2D eigenvalue weighted by molar-refractivity contribution is 8.14. The van der Waals surface area contributed by atoms with E-state index in [1.807, 2.05) is 0 Å². The van der Waals surface area contributed by atoms with Crippen molar-refractivity contribution in [2.45, 2.75) is 30.9 Å². The van der Waals surface area contributed by atoms with Crippen LogP contribution in [0.1, 0.15) is 31.2 Å². The number of hydrogen-bond acceptors (Lipinski definition) is 5. The number of carboxylic acid groups (broad SMARTS) is 1. The second kappa shape index (κ2) is 8.04. The minimum atomic E-state index is -0.751. The zero-order valence-electron chi connectivity index (χ0n) is 12.1. The highest BCUT2D eigenvalue weighted by Gasteiger charge is 2.27. The van der Waals surface area contributed by atoms with E-state index in [2.05, 4.69) is 0 Å². The van der Waals surface area contributed by atoms with E-state index in [1.54, 1.807) is 12.1 Å². The Hall–Kier alpha value is -1.24. The molecule has 124 valence electrons. The van der Waals surface area contributed by atoms with Gasteiger partial charge >= 0.3 is 5.97 Å². The Balaban J connectivity index is 1.85. The molecular weight excluding hydrogens is 359 g/mol. The maximum absolute atomic E-state index is 10.9. The van der Waals surface area contributed by atoms with Gasteiger partial charge < -0.3 is 9.84 Å². The van der Waals surface area contributed by atoms with E-state index in [0.717, 1.165) is 12.8 Å². The van der Waals surface area contributed by atoms with Crippen LogP contribution < -0.4 is 0 Å². The molecule has 0 bridgehead atoms. The molecule has 5 nitrogen and oxygen atoms in total. The van der Waals surface area contributed by atoms with Crippen LogP contribution in [0.5, 0.6) is 0 Å². The molecule has 0 radical (unpaired) electrons. The normalized spacial score (nSPS) is 20.8. The molecule has 2 rings (SSSR count). The largest absolute Gasteiger partial charge is 0.481 e. The van der Waals surface area contributed by atoms with E-state index in [-0.39, 0.29) is 22.3 Å². The minimum absolute atomic E-state index is 0.0835. The van der Waals surface area contributed by atoms with E-state index in [9.17, 15) is 4.79 Å². The van der Waals surface area contributed by atoms with E-state index in [0.29, 0.717) is 28.5 Å². The molecule has 0 amide bonds. The summed E-state index contributed by atoms with van der Waals surface area (Å²) in [4.78, 5) is 10.9. The first-order chi connectivity index (χ1) is 10.9. The summed E-state index contributed by atoms with van der Waals surface area (Å²) in [6.45, 7) is 0. The molecule has 1 aromatic carbocycles. The van der Waals surface area contributed by atoms with Gasteiger partial charge in [-0.2, -0.15) is 0 Å².